The summed E-state index contributed by atoms with van der Waals surface area (Å²) in [4.78, 5) is 2.31. The molecule has 0 fully saturated rings. The summed E-state index contributed by atoms with van der Waals surface area (Å²) >= 11 is 0. The van der Waals surface area contributed by atoms with E-state index < -0.39 is 0 Å². The van der Waals surface area contributed by atoms with Gasteiger partial charge in [0.05, 0.1) is 6.20 Å². The van der Waals surface area contributed by atoms with Gasteiger partial charge < -0.3 is 5.32 Å². The molecule has 1 aromatic heterocycles. The molecule has 0 unspecified atom stereocenters. The Hall–Kier alpha value is -1.65. The van der Waals surface area contributed by atoms with Gasteiger partial charge in [-0.25, -0.2) is 0 Å². The van der Waals surface area contributed by atoms with Gasteiger partial charge in [0, 0.05) is 38.4 Å². The Balaban J connectivity index is 2.00. The van der Waals surface area contributed by atoms with Gasteiger partial charge in [0.1, 0.15) is 0 Å². The molecule has 0 saturated carbocycles. The second-order valence-corrected chi connectivity index (χ2v) is 4.99. The summed E-state index contributed by atoms with van der Waals surface area (Å²) in [5.41, 5.74) is 3.99. The highest BCUT2D eigenvalue weighted by Gasteiger charge is 2.06. The van der Waals surface area contributed by atoms with Crippen LogP contribution in [-0.4, -0.2) is 28.8 Å². The van der Waals surface area contributed by atoms with Crippen molar-refractivity contribution in [2.75, 3.05) is 14.1 Å². The first-order valence-corrected chi connectivity index (χ1v) is 6.56. The van der Waals surface area contributed by atoms with Gasteiger partial charge in [-0.3, -0.25) is 9.58 Å². The summed E-state index contributed by atoms with van der Waals surface area (Å²) in [5, 5.41) is 7.42. The van der Waals surface area contributed by atoms with Crippen LogP contribution in [0.4, 0.5) is 0 Å². The van der Waals surface area contributed by atoms with Crippen LogP contribution in [-0.2, 0) is 26.7 Å². The number of nitrogens with zero attached hydrogens (tertiary/aromatic N) is 3. The van der Waals surface area contributed by atoms with Crippen LogP contribution >= 0.6 is 0 Å². The van der Waals surface area contributed by atoms with Crippen molar-refractivity contribution >= 4 is 0 Å². The zero-order valence-electron chi connectivity index (χ0n) is 11.9. The molecule has 1 N–H and O–H groups in total. The maximum Gasteiger partial charge on any atom is 0.0534 e. The Bertz CT molecular complexity index is 518. The van der Waals surface area contributed by atoms with Gasteiger partial charge in [0.25, 0.3) is 0 Å². The lowest BCUT2D eigenvalue weighted by atomic mass is 10.1. The second kappa shape index (κ2) is 6.50. The lowest BCUT2D eigenvalue weighted by molar-refractivity contribution is 0.318. The Kier molecular flexibility index (Phi) is 4.71. The largest absolute Gasteiger partial charge is 0.316 e. The highest BCUT2D eigenvalue weighted by molar-refractivity contribution is 5.27. The number of aromatic nitrogens is 2. The molecule has 1 aromatic carbocycles. The first-order valence-electron chi connectivity index (χ1n) is 6.56. The van der Waals surface area contributed by atoms with Gasteiger partial charge in [0.15, 0.2) is 0 Å². The van der Waals surface area contributed by atoms with Crippen molar-refractivity contribution in [3.63, 3.8) is 0 Å². The lowest BCUT2D eigenvalue weighted by Gasteiger charge is -2.18. The smallest absolute Gasteiger partial charge is 0.0534 e. The minimum Gasteiger partial charge on any atom is -0.316 e. The highest BCUT2D eigenvalue weighted by atomic mass is 15.2. The third kappa shape index (κ3) is 3.91. The molecule has 19 heavy (non-hydrogen) atoms. The Labute approximate surface area is 115 Å². The van der Waals surface area contributed by atoms with E-state index in [1.165, 1.54) is 16.7 Å². The molecule has 1 heterocycles. The molecule has 102 valence electrons. The summed E-state index contributed by atoms with van der Waals surface area (Å²) in [6.07, 6.45) is 3.99. The average Bonchev–Trinajstić information content (AvgIpc) is 2.77. The Morgan fingerprint density at radius 1 is 1.21 bits per heavy atom. The quantitative estimate of drug-likeness (QED) is 0.857. The topological polar surface area (TPSA) is 33.1 Å². The van der Waals surface area contributed by atoms with E-state index in [9.17, 15) is 0 Å². The number of nitrogens with one attached hydrogen (secondary N) is 1. The molecule has 0 radical (unpaired) electrons. The van der Waals surface area contributed by atoms with Crippen LogP contribution in [0.15, 0.2) is 36.7 Å². The van der Waals surface area contributed by atoms with Crippen molar-refractivity contribution in [2.45, 2.75) is 19.6 Å². The number of aryl methyl sites for hydroxylation is 1. The number of rotatable bonds is 6. The van der Waals surface area contributed by atoms with E-state index in [1.807, 2.05) is 25.0 Å². The zero-order chi connectivity index (χ0) is 13.7. The van der Waals surface area contributed by atoms with E-state index >= 15 is 0 Å². The van der Waals surface area contributed by atoms with Crippen molar-refractivity contribution in [1.82, 2.24) is 20.0 Å². The van der Waals surface area contributed by atoms with E-state index in [4.69, 9.17) is 0 Å². The van der Waals surface area contributed by atoms with Crippen LogP contribution in [0.3, 0.4) is 0 Å². The van der Waals surface area contributed by atoms with Gasteiger partial charge in [-0.15, -0.1) is 0 Å². The van der Waals surface area contributed by atoms with Crippen molar-refractivity contribution in [2.24, 2.45) is 7.05 Å². The standard InChI is InChI=1S/C15H22N4/c1-16-9-14-6-4-5-7-15(14)12-18(2)10-13-8-17-19(3)11-13/h4-8,11,16H,9-10,12H2,1-3H3. The molecular formula is C15H22N4. The Morgan fingerprint density at radius 2 is 1.95 bits per heavy atom. The van der Waals surface area contributed by atoms with Crippen LogP contribution in [0.5, 0.6) is 0 Å². The molecule has 0 aliphatic heterocycles. The molecule has 0 aliphatic carbocycles. The predicted octanol–water partition coefficient (Wildman–Crippen LogP) is 1.77. The fourth-order valence-corrected chi connectivity index (χ4v) is 2.29. The van der Waals surface area contributed by atoms with Crippen LogP contribution < -0.4 is 5.32 Å². The average molecular weight is 258 g/mol. The number of hydrogen-bond donors (Lipinski definition) is 1. The highest BCUT2D eigenvalue weighted by Crippen LogP contribution is 2.12. The van der Waals surface area contributed by atoms with E-state index in [-0.39, 0.29) is 0 Å². The summed E-state index contributed by atoms with van der Waals surface area (Å²) in [7, 11) is 6.07. The summed E-state index contributed by atoms with van der Waals surface area (Å²) < 4.78 is 1.85. The summed E-state index contributed by atoms with van der Waals surface area (Å²) in [6, 6.07) is 8.58. The van der Waals surface area contributed by atoms with E-state index in [1.54, 1.807) is 0 Å². The molecule has 2 rings (SSSR count). The van der Waals surface area contributed by atoms with Crippen molar-refractivity contribution in [1.29, 1.82) is 0 Å². The molecule has 0 aliphatic rings. The van der Waals surface area contributed by atoms with Crippen LogP contribution in [0.25, 0.3) is 0 Å². The third-order valence-corrected chi connectivity index (χ3v) is 3.14. The molecule has 0 saturated heterocycles. The maximum absolute atomic E-state index is 4.20. The second-order valence-electron chi connectivity index (χ2n) is 4.99. The summed E-state index contributed by atoms with van der Waals surface area (Å²) in [5.74, 6) is 0. The van der Waals surface area contributed by atoms with Gasteiger partial charge in [-0.05, 0) is 25.2 Å². The predicted molar refractivity (Wildman–Crippen MR) is 77.6 cm³/mol. The molecule has 4 nitrogen and oxygen atoms in total. The van der Waals surface area contributed by atoms with Gasteiger partial charge in [-0.1, -0.05) is 24.3 Å². The number of hydrogen-bond acceptors (Lipinski definition) is 3. The van der Waals surface area contributed by atoms with Gasteiger partial charge >= 0.3 is 0 Å². The first kappa shape index (κ1) is 13.8. The van der Waals surface area contributed by atoms with Gasteiger partial charge in [-0.2, -0.15) is 5.10 Å². The molecule has 2 aromatic rings. The fraction of sp³-hybridized carbons (Fsp3) is 0.400. The van der Waals surface area contributed by atoms with E-state index in [0.29, 0.717) is 0 Å². The number of benzene rings is 1. The van der Waals surface area contributed by atoms with Crippen LogP contribution in [0, 0.1) is 0 Å². The van der Waals surface area contributed by atoms with E-state index in [0.717, 1.165) is 19.6 Å². The molecule has 0 bridgehead atoms. The van der Waals surface area contributed by atoms with Crippen molar-refractivity contribution in [3.8, 4) is 0 Å². The zero-order valence-corrected chi connectivity index (χ0v) is 11.9. The minimum atomic E-state index is 0.914. The molecule has 0 amide bonds. The third-order valence-electron chi connectivity index (χ3n) is 3.14. The minimum absolute atomic E-state index is 0.914. The molecular weight excluding hydrogens is 236 g/mol. The fourth-order valence-electron chi connectivity index (χ4n) is 2.29. The normalized spacial score (nSPS) is 11.2. The van der Waals surface area contributed by atoms with Crippen molar-refractivity contribution in [3.05, 3.63) is 53.3 Å². The first-order chi connectivity index (χ1) is 9.19. The lowest BCUT2D eigenvalue weighted by Crippen LogP contribution is -2.19. The molecule has 0 atom stereocenters. The maximum atomic E-state index is 4.20. The van der Waals surface area contributed by atoms with Crippen LogP contribution in [0.2, 0.25) is 0 Å². The van der Waals surface area contributed by atoms with Crippen molar-refractivity contribution < 1.29 is 0 Å². The van der Waals surface area contributed by atoms with Gasteiger partial charge in [0.2, 0.25) is 0 Å². The monoisotopic (exact) mass is 258 g/mol. The van der Waals surface area contributed by atoms with E-state index in [2.05, 4.69) is 52.8 Å². The summed E-state index contributed by atoms with van der Waals surface area (Å²) in [6.45, 7) is 2.78. The van der Waals surface area contributed by atoms with Crippen LogP contribution in [0.1, 0.15) is 16.7 Å². The Morgan fingerprint density at radius 3 is 2.58 bits per heavy atom. The SMILES string of the molecule is CNCc1ccccc1CN(C)Cc1cnn(C)c1. The molecule has 4 heteroatoms. The molecule has 0 spiro atoms.